The van der Waals surface area contributed by atoms with E-state index in [9.17, 15) is 9.00 Å². The zero-order valence-corrected chi connectivity index (χ0v) is 11.5. The predicted octanol–water partition coefficient (Wildman–Crippen LogP) is 0.793. The van der Waals surface area contributed by atoms with E-state index in [1.165, 1.54) is 19.3 Å². The standard InChI is InChI=1S/C12H24N2O2S/c1-17(16)10-6-9-14-12(15)11-7-4-2-3-5-8-13-11/h11,13H,2-10H2,1H3,(H,14,15). The summed E-state index contributed by atoms with van der Waals surface area (Å²) in [7, 11) is -0.757. The molecule has 2 N–H and O–H groups in total. The third-order valence-corrected chi connectivity index (χ3v) is 3.90. The zero-order valence-electron chi connectivity index (χ0n) is 10.7. The quantitative estimate of drug-likeness (QED) is 0.719. The van der Waals surface area contributed by atoms with Gasteiger partial charge < -0.3 is 10.6 Å². The van der Waals surface area contributed by atoms with E-state index in [0.29, 0.717) is 12.3 Å². The fourth-order valence-electron chi connectivity index (χ4n) is 2.04. The number of carbonyl (C=O) groups is 1. The molecule has 0 bridgehead atoms. The molecule has 1 aliphatic rings. The van der Waals surface area contributed by atoms with Gasteiger partial charge in [-0.1, -0.05) is 19.3 Å². The van der Waals surface area contributed by atoms with Crippen LogP contribution in [0.3, 0.4) is 0 Å². The minimum Gasteiger partial charge on any atom is -0.355 e. The fourth-order valence-corrected chi connectivity index (χ4v) is 2.59. The van der Waals surface area contributed by atoms with E-state index in [0.717, 1.165) is 25.8 Å². The maximum Gasteiger partial charge on any atom is 0.237 e. The first-order valence-electron chi connectivity index (χ1n) is 6.51. The van der Waals surface area contributed by atoms with Gasteiger partial charge in [0, 0.05) is 29.4 Å². The molecule has 1 amide bonds. The summed E-state index contributed by atoms with van der Waals surface area (Å²) in [4.78, 5) is 11.9. The molecule has 1 fully saturated rings. The smallest absolute Gasteiger partial charge is 0.237 e. The molecule has 0 aromatic heterocycles. The van der Waals surface area contributed by atoms with Gasteiger partial charge in [0.05, 0.1) is 6.04 Å². The number of carbonyl (C=O) groups excluding carboxylic acids is 1. The molecule has 0 aromatic rings. The van der Waals surface area contributed by atoms with E-state index in [4.69, 9.17) is 0 Å². The molecule has 17 heavy (non-hydrogen) atoms. The summed E-state index contributed by atoms with van der Waals surface area (Å²) in [5.74, 6) is 0.770. The van der Waals surface area contributed by atoms with E-state index in [2.05, 4.69) is 10.6 Å². The van der Waals surface area contributed by atoms with Crippen molar-refractivity contribution in [1.29, 1.82) is 0 Å². The van der Waals surface area contributed by atoms with Gasteiger partial charge in [-0.25, -0.2) is 0 Å². The van der Waals surface area contributed by atoms with Crippen molar-refractivity contribution >= 4 is 16.7 Å². The molecular formula is C12H24N2O2S. The number of rotatable bonds is 5. The van der Waals surface area contributed by atoms with Gasteiger partial charge in [0.2, 0.25) is 5.91 Å². The molecule has 5 heteroatoms. The average molecular weight is 260 g/mol. The second-order valence-corrected chi connectivity index (χ2v) is 6.19. The van der Waals surface area contributed by atoms with Crippen LogP contribution in [0.5, 0.6) is 0 Å². The second-order valence-electron chi connectivity index (χ2n) is 4.63. The van der Waals surface area contributed by atoms with Gasteiger partial charge in [-0.05, 0) is 25.8 Å². The van der Waals surface area contributed by atoms with Gasteiger partial charge >= 0.3 is 0 Å². The van der Waals surface area contributed by atoms with E-state index in [1.807, 2.05) is 0 Å². The molecule has 2 unspecified atom stereocenters. The number of hydrogen-bond donors (Lipinski definition) is 2. The molecular weight excluding hydrogens is 236 g/mol. The van der Waals surface area contributed by atoms with Crippen LogP contribution in [-0.2, 0) is 15.6 Å². The summed E-state index contributed by atoms with van der Waals surface area (Å²) in [6.45, 7) is 1.58. The SMILES string of the molecule is CS(=O)CCCNC(=O)C1CCCCCCN1. The van der Waals surface area contributed by atoms with Crippen LogP contribution in [-0.4, -0.2) is 41.3 Å². The van der Waals surface area contributed by atoms with Crippen molar-refractivity contribution in [3.8, 4) is 0 Å². The van der Waals surface area contributed by atoms with Crippen LogP contribution in [0.2, 0.25) is 0 Å². The Morgan fingerprint density at radius 1 is 1.35 bits per heavy atom. The third-order valence-electron chi connectivity index (χ3n) is 3.03. The van der Waals surface area contributed by atoms with Gasteiger partial charge in [0.15, 0.2) is 0 Å². The average Bonchev–Trinajstić information content (AvgIpc) is 2.23. The molecule has 0 aromatic carbocycles. The van der Waals surface area contributed by atoms with Gasteiger partial charge in [0.25, 0.3) is 0 Å². The van der Waals surface area contributed by atoms with E-state index < -0.39 is 10.8 Å². The molecule has 0 radical (unpaired) electrons. The van der Waals surface area contributed by atoms with Crippen molar-refractivity contribution in [2.24, 2.45) is 0 Å². The second kappa shape index (κ2) is 8.64. The van der Waals surface area contributed by atoms with Gasteiger partial charge in [0.1, 0.15) is 0 Å². The minimum atomic E-state index is -0.757. The van der Waals surface area contributed by atoms with Crippen LogP contribution >= 0.6 is 0 Å². The summed E-state index contributed by atoms with van der Waals surface area (Å²) < 4.78 is 10.9. The Kier molecular flexibility index (Phi) is 7.44. The Hall–Kier alpha value is -0.420. The lowest BCUT2D eigenvalue weighted by atomic mass is 10.0. The molecule has 100 valence electrons. The Bertz CT molecular complexity index is 251. The lowest BCUT2D eigenvalue weighted by Gasteiger charge is -2.20. The first kappa shape index (κ1) is 14.6. The van der Waals surface area contributed by atoms with Crippen LogP contribution in [0.25, 0.3) is 0 Å². The highest BCUT2D eigenvalue weighted by molar-refractivity contribution is 7.84. The number of nitrogens with one attached hydrogen (secondary N) is 2. The van der Waals surface area contributed by atoms with Crippen LogP contribution in [0.15, 0.2) is 0 Å². The Labute approximate surface area is 106 Å². The number of amides is 1. The molecule has 1 rings (SSSR count). The van der Waals surface area contributed by atoms with Crippen molar-refractivity contribution in [2.45, 2.75) is 44.6 Å². The summed E-state index contributed by atoms with van der Waals surface area (Å²) in [6.07, 6.45) is 8.22. The van der Waals surface area contributed by atoms with Crippen LogP contribution in [0.4, 0.5) is 0 Å². The summed E-state index contributed by atoms with van der Waals surface area (Å²) in [6, 6.07) is -0.0255. The molecule has 0 spiro atoms. The monoisotopic (exact) mass is 260 g/mol. The highest BCUT2D eigenvalue weighted by Gasteiger charge is 2.17. The normalized spacial score (nSPS) is 23.5. The van der Waals surface area contributed by atoms with Crippen LogP contribution < -0.4 is 10.6 Å². The minimum absolute atomic E-state index is 0.0255. The van der Waals surface area contributed by atoms with Gasteiger partial charge in [-0.15, -0.1) is 0 Å². The molecule has 0 saturated carbocycles. The van der Waals surface area contributed by atoms with Crippen LogP contribution in [0, 0.1) is 0 Å². The summed E-state index contributed by atoms with van der Waals surface area (Å²) >= 11 is 0. The third kappa shape index (κ3) is 6.78. The largest absolute Gasteiger partial charge is 0.355 e. The molecule has 1 heterocycles. The zero-order chi connectivity index (χ0) is 12.5. The topological polar surface area (TPSA) is 58.2 Å². The lowest BCUT2D eigenvalue weighted by molar-refractivity contribution is -0.123. The van der Waals surface area contributed by atoms with Crippen molar-refractivity contribution < 1.29 is 9.00 Å². The van der Waals surface area contributed by atoms with E-state index in [-0.39, 0.29) is 11.9 Å². The Morgan fingerprint density at radius 2 is 2.12 bits per heavy atom. The molecule has 2 atom stereocenters. The highest BCUT2D eigenvalue weighted by atomic mass is 32.2. The molecule has 1 saturated heterocycles. The van der Waals surface area contributed by atoms with E-state index in [1.54, 1.807) is 6.26 Å². The van der Waals surface area contributed by atoms with Crippen LogP contribution in [0.1, 0.15) is 38.5 Å². The maximum absolute atomic E-state index is 11.9. The first-order chi connectivity index (χ1) is 8.20. The maximum atomic E-state index is 11.9. The lowest BCUT2D eigenvalue weighted by Crippen LogP contribution is -2.45. The Balaban J connectivity index is 2.18. The molecule has 1 aliphatic heterocycles. The fraction of sp³-hybridized carbons (Fsp3) is 0.917. The highest BCUT2D eigenvalue weighted by Crippen LogP contribution is 2.09. The summed E-state index contributed by atoms with van der Waals surface area (Å²) in [5, 5.41) is 6.22. The number of hydrogen-bond acceptors (Lipinski definition) is 3. The van der Waals surface area contributed by atoms with Gasteiger partial charge in [-0.3, -0.25) is 9.00 Å². The van der Waals surface area contributed by atoms with Crippen molar-refractivity contribution in [2.75, 3.05) is 25.1 Å². The van der Waals surface area contributed by atoms with Crippen molar-refractivity contribution in [1.82, 2.24) is 10.6 Å². The van der Waals surface area contributed by atoms with E-state index >= 15 is 0 Å². The predicted molar refractivity (Wildman–Crippen MR) is 71.4 cm³/mol. The molecule has 4 nitrogen and oxygen atoms in total. The Morgan fingerprint density at radius 3 is 2.88 bits per heavy atom. The van der Waals surface area contributed by atoms with Gasteiger partial charge in [-0.2, -0.15) is 0 Å². The first-order valence-corrected chi connectivity index (χ1v) is 8.24. The summed E-state index contributed by atoms with van der Waals surface area (Å²) in [5.41, 5.74) is 0. The van der Waals surface area contributed by atoms with Crippen molar-refractivity contribution in [3.05, 3.63) is 0 Å². The van der Waals surface area contributed by atoms with Crippen molar-refractivity contribution in [3.63, 3.8) is 0 Å². The molecule has 0 aliphatic carbocycles.